The van der Waals surface area contributed by atoms with Gasteiger partial charge in [0.25, 0.3) is 0 Å². The Morgan fingerprint density at radius 3 is 1.17 bits per heavy atom. The molecule has 0 aromatic carbocycles. The molecular formula is C23H47Br. The van der Waals surface area contributed by atoms with Crippen LogP contribution in [0.3, 0.4) is 0 Å². The molecule has 0 N–H and O–H groups in total. The van der Waals surface area contributed by atoms with Gasteiger partial charge in [0.15, 0.2) is 0 Å². The van der Waals surface area contributed by atoms with Crippen molar-refractivity contribution in [3.63, 3.8) is 0 Å². The Labute approximate surface area is 163 Å². The summed E-state index contributed by atoms with van der Waals surface area (Å²) in [6.45, 7) is 4.62. The Bertz CT molecular complexity index is 200. The molecule has 0 aliphatic rings. The van der Waals surface area contributed by atoms with E-state index in [-0.39, 0.29) is 0 Å². The molecule has 1 atom stereocenters. The fourth-order valence-corrected chi connectivity index (χ4v) is 4.14. The maximum absolute atomic E-state index is 3.55. The zero-order valence-electron chi connectivity index (χ0n) is 17.1. The zero-order chi connectivity index (χ0) is 17.7. The molecule has 0 amide bonds. The summed E-state index contributed by atoms with van der Waals surface area (Å²) in [5, 5.41) is 1.19. The van der Waals surface area contributed by atoms with E-state index in [9.17, 15) is 0 Å². The van der Waals surface area contributed by atoms with Crippen LogP contribution >= 0.6 is 15.9 Å². The lowest BCUT2D eigenvalue weighted by Gasteiger charge is -2.17. The van der Waals surface area contributed by atoms with Gasteiger partial charge in [0, 0.05) is 5.33 Å². The molecule has 0 rings (SSSR count). The second-order valence-corrected chi connectivity index (χ2v) is 8.66. The maximum Gasteiger partial charge on any atom is 0.00313 e. The largest absolute Gasteiger partial charge is 0.0928 e. The van der Waals surface area contributed by atoms with Crippen LogP contribution in [0.25, 0.3) is 0 Å². The topological polar surface area (TPSA) is 0 Å². The first kappa shape index (κ1) is 24.5. The Morgan fingerprint density at radius 2 is 0.792 bits per heavy atom. The monoisotopic (exact) mass is 402 g/mol. The van der Waals surface area contributed by atoms with Crippen LogP contribution < -0.4 is 0 Å². The highest BCUT2D eigenvalue weighted by Crippen LogP contribution is 2.24. The molecule has 0 saturated carbocycles. The number of alkyl halides is 1. The summed E-state index contributed by atoms with van der Waals surface area (Å²) in [7, 11) is 0. The van der Waals surface area contributed by atoms with Crippen molar-refractivity contribution in [3.8, 4) is 0 Å². The summed E-state index contributed by atoms with van der Waals surface area (Å²) >= 11 is 3.55. The molecule has 0 spiro atoms. The fraction of sp³-hybridized carbons (Fsp3) is 1.00. The first-order valence-electron chi connectivity index (χ1n) is 11.4. The van der Waals surface area contributed by atoms with Gasteiger partial charge in [-0.1, -0.05) is 145 Å². The minimum atomic E-state index is 1.03. The number of hydrogen-bond donors (Lipinski definition) is 0. The zero-order valence-corrected chi connectivity index (χ0v) is 18.7. The van der Waals surface area contributed by atoms with E-state index in [1.54, 1.807) is 0 Å². The Hall–Kier alpha value is 0.480. The van der Waals surface area contributed by atoms with E-state index in [1.165, 1.54) is 127 Å². The van der Waals surface area contributed by atoms with Gasteiger partial charge < -0.3 is 0 Å². The number of rotatable bonds is 20. The summed E-state index contributed by atoms with van der Waals surface area (Å²) < 4.78 is 0. The average molecular weight is 404 g/mol. The molecule has 1 heteroatoms. The van der Waals surface area contributed by atoms with Gasteiger partial charge in [0.2, 0.25) is 0 Å². The first-order valence-corrected chi connectivity index (χ1v) is 12.5. The van der Waals surface area contributed by atoms with Crippen LogP contribution in [0.1, 0.15) is 136 Å². The summed E-state index contributed by atoms with van der Waals surface area (Å²) in [6, 6.07) is 0. The van der Waals surface area contributed by atoms with Gasteiger partial charge in [-0.05, 0) is 12.3 Å². The highest BCUT2D eigenvalue weighted by Gasteiger charge is 2.08. The second-order valence-electron chi connectivity index (χ2n) is 7.87. The molecule has 0 heterocycles. The molecule has 0 aliphatic heterocycles. The molecule has 146 valence electrons. The Balaban J connectivity index is 3.72. The van der Waals surface area contributed by atoms with Crippen molar-refractivity contribution in [1.29, 1.82) is 0 Å². The molecule has 1 unspecified atom stereocenters. The molecule has 0 aliphatic carbocycles. The maximum atomic E-state index is 3.55. The smallest absolute Gasteiger partial charge is 0.00313 e. The Kier molecular flexibility index (Phi) is 22.0. The predicted octanol–water partition coefficient (Wildman–Crippen LogP) is 9.45. The third-order valence-electron chi connectivity index (χ3n) is 5.43. The third kappa shape index (κ3) is 18.8. The minimum absolute atomic E-state index is 1.03. The van der Waals surface area contributed by atoms with Gasteiger partial charge in [0.05, 0.1) is 0 Å². The first-order chi connectivity index (χ1) is 11.8. The highest BCUT2D eigenvalue weighted by atomic mass is 79.9. The van der Waals surface area contributed by atoms with Crippen molar-refractivity contribution in [2.24, 2.45) is 5.92 Å². The summed E-state index contributed by atoms with van der Waals surface area (Å²) in [4.78, 5) is 0. The van der Waals surface area contributed by atoms with E-state index in [2.05, 4.69) is 29.8 Å². The van der Waals surface area contributed by atoms with Crippen molar-refractivity contribution in [1.82, 2.24) is 0 Å². The quantitative estimate of drug-likeness (QED) is 0.140. The second kappa shape index (κ2) is 21.5. The van der Waals surface area contributed by atoms with E-state index >= 15 is 0 Å². The lowest BCUT2D eigenvalue weighted by Crippen LogP contribution is -2.01. The molecule has 0 aromatic rings. The molecule has 0 aromatic heterocycles. The normalized spacial score (nSPS) is 12.6. The number of halogens is 1. The van der Waals surface area contributed by atoms with Crippen LogP contribution in [0.15, 0.2) is 0 Å². The summed E-state index contributed by atoms with van der Waals surface area (Å²) in [6.07, 6.45) is 27.7. The number of unbranched alkanes of at least 4 members (excludes halogenated alkanes) is 13. The van der Waals surface area contributed by atoms with E-state index < -0.39 is 0 Å². The van der Waals surface area contributed by atoms with E-state index in [0.29, 0.717) is 0 Å². The van der Waals surface area contributed by atoms with Crippen LogP contribution in [0, 0.1) is 5.92 Å². The van der Waals surface area contributed by atoms with E-state index in [0.717, 1.165) is 5.92 Å². The molecule has 0 saturated heterocycles. The average Bonchev–Trinajstić information content (AvgIpc) is 2.59. The SMILES string of the molecule is CCCCCCCCCC(CCCCCCC)CCCCCCBr. The molecular weight excluding hydrogens is 356 g/mol. The predicted molar refractivity (Wildman–Crippen MR) is 116 cm³/mol. The van der Waals surface area contributed by atoms with Crippen molar-refractivity contribution in [2.45, 2.75) is 136 Å². The lowest BCUT2D eigenvalue weighted by atomic mass is 9.89. The summed E-state index contributed by atoms with van der Waals surface area (Å²) in [5.41, 5.74) is 0. The highest BCUT2D eigenvalue weighted by molar-refractivity contribution is 9.09. The summed E-state index contributed by atoms with van der Waals surface area (Å²) in [5.74, 6) is 1.03. The van der Waals surface area contributed by atoms with E-state index in [4.69, 9.17) is 0 Å². The molecule has 0 fully saturated rings. The van der Waals surface area contributed by atoms with Gasteiger partial charge in [-0.15, -0.1) is 0 Å². The van der Waals surface area contributed by atoms with Gasteiger partial charge in [-0.3, -0.25) is 0 Å². The van der Waals surface area contributed by atoms with Crippen molar-refractivity contribution >= 4 is 15.9 Å². The van der Waals surface area contributed by atoms with Crippen LogP contribution in [0.4, 0.5) is 0 Å². The minimum Gasteiger partial charge on any atom is -0.0928 e. The number of hydrogen-bond acceptors (Lipinski definition) is 0. The molecule has 0 radical (unpaired) electrons. The Morgan fingerprint density at radius 1 is 0.458 bits per heavy atom. The van der Waals surface area contributed by atoms with Gasteiger partial charge in [0.1, 0.15) is 0 Å². The fourth-order valence-electron chi connectivity index (χ4n) is 3.74. The van der Waals surface area contributed by atoms with Crippen molar-refractivity contribution < 1.29 is 0 Å². The lowest BCUT2D eigenvalue weighted by molar-refractivity contribution is 0.367. The van der Waals surface area contributed by atoms with Crippen LogP contribution in [-0.2, 0) is 0 Å². The van der Waals surface area contributed by atoms with Crippen LogP contribution in [0.2, 0.25) is 0 Å². The standard InChI is InChI=1S/C23H47Br/c1-3-5-7-9-10-12-16-20-23(19-15-11-8-6-4-2)21-17-13-14-18-22-24/h23H,3-22H2,1-2H3. The molecule has 0 bridgehead atoms. The van der Waals surface area contributed by atoms with Gasteiger partial charge in [-0.25, -0.2) is 0 Å². The molecule has 0 nitrogen and oxygen atoms in total. The molecule has 24 heavy (non-hydrogen) atoms. The van der Waals surface area contributed by atoms with Gasteiger partial charge >= 0.3 is 0 Å². The van der Waals surface area contributed by atoms with E-state index in [1.807, 2.05) is 0 Å². The van der Waals surface area contributed by atoms with Gasteiger partial charge in [-0.2, -0.15) is 0 Å². The van der Waals surface area contributed by atoms with Crippen LogP contribution in [0.5, 0.6) is 0 Å². The van der Waals surface area contributed by atoms with Crippen molar-refractivity contribution in [3.05, 3.63) is 0 Å². The third-order valence-corrected chi connectivity index (χ3v) is 5.99. The van der Waals surface area contributed by atoms with Crippen LogP contribution in [-0.4, -0.2) is 5.33 Å². The van der Waals surface area contributed by atoms with Crippen molar-refractivity contribution in [2.75, 3.05) is 5.33 Å².